The Kier molecular flexibility index (Phi) is 1.76. The lowest BCUT2D eigenvalue weighted by Gasteiger charge is -2.38. The fraction of sp³-hybridized carbons (Fsp3) is 0.583. The van der Waals surface area contributed by atoms with Gasteiger partial charge in [0.15, 0.2) is 0 Å². The van der Waals surface area contributed by atoms with Gasteiger partial charge in [0, 0.05) is 11.9 Å². The van der Waals surface area contributed by atoms with Crippen molar-refractivity contribution in [3.63, 3.8) is 0 Å². The van der Waals surface area contributed by atoms with Gasteiger partial charge in [-0.2, -0.15) is 5.10 Å². The SMILES string of the molecule is Cc1ccnn1[C@H]1C[C@@H]2C=C[C@H]1CC2. The Morgan fingerprint density at radius 1 is 1.36 bits per heavy atom. The monoisotopic (exact) mass is 188 g/mol. The van der Waals surface area contributed by atoms with E-state index in [9.17, 15) is 0 Å². The Bertz CT molecular complexity index is 364. The van der Waals surface area contributed by atoms with Crippen molar-refractivity contribution in [1.82, 2.24) is 9.78 Å². The molecule has 1 saturated carbocycles. The fourth-order valence-corrected chi connectivity index (χ4v) is 2.91. The average Bonchev–Trinajstić information content (AvgIpc) is 2.66. The van der Waals surface area contributed by atoms with Crippen LogP contribution in [0.5, 0.6) is 0 Å². The molecular formula is C12H16N2. The Balaban J connectivity index is 1.94. The maximum absolute atomic E-state index is 4.44. The van der Waals surface area contributed by atoms with Crippen molar-refractivity contribution in [1.29, 1.82) is 0 Å². The van der Waals surface area contributed by atoms with E-state index in [0.29, 0.717) is 6.04 Å². The van der Waals surface area contributed by atoms with Crippen LogP contribution in [0, 0.1) is 18.8 Å². The summed E-state index contributed by atoms with van der Waals surface area (Å²) in [4.78, 5) is 0. The van der Waals surface area contributed by atoms with Gasteiger partial charge in [0.25, 0.3) is 0 Å². The normalized spacial score (nSPS) is 35.1. The predicted octanol–water partition coefficient (Wildman–Crippen LogP) is 2.72. The molecule has 1 aromatic rings. The van der Waals surface area contributed by atoms with E-state index in [-0.39, 0.29) is 0 Å². The highest BCUT2D eigenvalue weighted by atomic mass is 15.3. The van der Waals surface area contributed by atoms with Crippen molar-refractivity contribution in [2.24, 2.45) is 11.8 Å². The minimum Gasteiger partial charge on any atom is -0.266 e. The smallest absolute Gasteiger partial charge is 0.0590 e. The van der Waals surface area contributed by atoms with Gasteiger partial charge in [-0.25, -0.2) is 0 Å². The zero-order valence-corrected chi connectivity index (χ0v) is 8.56. The van der Waals surface area contributed by atoms with Crippen LogP contribution in [0.3, 0.4) is 0 Å². The van der Waals surface area contributed by atoms with Crippen LogP contribution < -0.4 is 0 Å². The molecule has 0 aliphatic heterocycles. The number of nitrogens with zero attached hydrogens (tertiary/aromatic N) is 2. The third-order valence-corrected chi connectivity index (χ3v) is 3.72. The topological polar surface area (TPSA) is 17.8 Å². The van der Waals surface area contributed by atoms with E-state index in [4.69, 9.17) is 0 Å². The van der Waals surface area contributed by atoms with Crippen LogP contribution in [0.15, 0.2) is 24.4 Å². The predicted molar refractivity (Wildman–Crippen MR) is 56.0 cm³/mol. The van der Waals surface area contributed by atoms with Crippen LogP contribution in [0.25, 0.3) is 0 Å². The van der Waals surface area contributed by atoms with E-state index in [1.807, 2.05) is 6.20 Å². The molecule has 74 valence electrons. The van der Waals surface area contributed by atoms with Gasteiger partial charge in [-0.1, -0.05) is 12.2 Å². The molecule has 3 aliphatic rings. The summed E-state index contributed by atoms with van der Waals surface area (Å²) < 4.78 is 2.22. The van der Waals surface area contributed by atoms with E-state index in [0.717, 1.165) is 11.8 Å². The number of rotatable bonds is 1. The number of fused-ring (bicyclic) bond motifs is 2. The summed E-state index contributed by atoms with van der Waals surface area (Å²) in [7, 11) is 0. The molecule has 2 heteroatoms. The summed E-state index contributed by atoms with van der Waals surface area (Å²) in [6.45, 7) is 2.15. The quantitative estimate of drug-likeness (QED) is 0.620. The van der Waals surface area contributed by atoms with Crippen LogP contribution in [-0.2, 0) is 0 Å². The molecule has 0 aromatic carbocycles. The number of aromatic nitrogens is 2. The molecule has 4 rings (SSSR count). The highest BCUT2D eigenvalue weighted by Gasteiger charge is 2.33. The highest BCUT2D eigenvalue weighted by molar-refractivity contribution is 5.10. The van der Waals surface area contributed by atoms with Crippen LogP contribution in [-0.4, -0.2) is 9.78 Å². The average molecular weight is 188 g/mol. The second-order valence-electron chi connectivity index (χ2n) is 4.61. The Labute approximate surface area is 84.6 Å². The summed E-state index contributed by atoms with van der Waals surface area (Å²) in [6, 6.07) is 2.74. The lowest BCUT2D eigenvalue weighted by molar-refractivity contribution is 0.207. The zero-order valence-electron chi connectivity index (χ0n) is 8.56. The van der Waals surface area contributed by atoms with E-state index in [2.05, 4.69) is 34.9 Å². The minimum atomic E-state index is 0.633. The van der Waals surface area contributed by atoms with Crippen molar-refractivity contribution in [2.45, 2.75) is 32.2 Å². The first-order chi connectivity index (χ1) is 6.84. The molecular weight excluding hydrogens is 172 g/mol. The van der Waals surface area contributed by atoms with Gasteiger partial charge < -0.3 is 0 Å². The van der Waals surface area contributed by atoms with Gasteiger partial charge in [0.1, 0.15) is 0 Å². The van der Waals surface area contributed by atoms with Gasteiger partial charge >= 0.3 is 0 Å². The fourth-order valence-electron chi connectivity index (χ4n) is 2.91. The van der Waals surface area contributed by atoms with E-state index in [1.165, 1.54) is 25.0 Å². The van der Waals surface area contributed by atoms with Crippen molar-refractivity contribution >= 4 is 0 Å². The van der Waals surface area contributed by atoms with Gasteiger partial charge in [0.2, 0.25) is 0 Å². The van der Waals surface area contributed by atoms with E-state index in [1.54, 1.807) is 0 Å². The number of hydrogen-bond acceptors (Lipinski definition) is 1. The molecule has 2 bridgehead atoms. The molecule has 1 heterocycles. The van der Waals surface area contributed by atoms with Crippen LogP contribution >= 0.6 is 0 Å². The van der Waals surface area contributed by atoms with Crippen molar-refractivity contribution in [3.8, 4) is 0 Å². The zero-order chi connectivity index (χ0) is 9.54. The first-order valence-electron chi connectivity index (χ1n) is 5.53. The van der Waals surface area contributed by atoms with Gasteiger partial charge in [-0.15, -0.1) is 0 Å². The lowest BCUT2D eigenvalue weighted by Crippen LogP contribution is -2.30. The largest absolute Gasteiger partial charge is 0.266 e. The number of hydrogen-bond donors (Lipinski definition) is 0. The molecule has 0 unspecified atom stereocenters. The third kappa shape index (κ3) is 1.13. The highest BCUT2D eigenvalue weighted by Crippen LogP contribution is 2.43. The first-order valence-corrected chi connectivity index (χ1v) is 5.53. The minimum absolute atomic E-state index is 0.633. The molecule has 1 fully saturated rings. The van der Waals surface area contributed by atoms with Crippen molar-refractivity contribution in [3.05, 3.63) is 30.1 Å². The molecule has 0 spiro atoms. The molecule has 1 aromatic heterocycles. The number of allylic oxidation sites excluding steroid dienone is 2. The lowest BCUT2D eigenvalue weighted by atomic mass is 9.73. The van der Waals surface area contributed by atoms with Crippen molar-refractivity contribution in [2.75, 3.05) is 0 Å². The molecule has 3 atom stereocenters. The van der Waals surface area contributed by atoms with E-state index < -0.39 is 0 Å². The standard InChI is InChI=1S/C12H16N2/c1-9-6-7-13-14(9)12-8-10-2-4-11(12)5-3-10/h2,4,6-7,10-12H,3,5,8H2,1H3/t10-,11+,12+/m1/s1. The molecule has 2 nitrogen and oxygen atoms in total. The van der Waals surface area contributed by atoms with Gasteiger partial charge in [-0.3, -0.25) is 4.68 Å². The molecule has 0 saturated heterocycles. The molecule has 0 radical (unpaired) electrons. The Morgan fingerprint density at radius 2 is 2.29 bits per heavy atom. The molecule has 0 N–H and O–H groups in total. The molecule has 3 aliphatic carbocycles. The Morgan fingerprint density at radius 3 is 2.79 bits per heavy atom. The second kappa shape index (κ2) is 2.97. The third-order valence-electron chi connectivity index (χ3n) is 3.72. The van der Waals surface area contributed by atoms with Crippen LogP contribution in [0.1, 0.15) is 31.0 Å². The Hall–Kier alpha value is -1.05. The number of aryl methyl sites for hydroxylation is 1. The second-order valence-corrected chi connectivity index (χ2v) is 4.61. The van der Waals surface area contributed by atoms with Gasteiger partial charge in [0.05, 0.1) is 6.04 Å². The van der Waals surface area contributed by atoms with Crippen LogP contribution in [0.4, 0.5) is 0 Å². The van der Waals surface area contributed by atoms with Crippen molar-refractivity contribution < 1.29 is 0 Å². The molecule has 14 heavy (non-hydrogen) atoms. The maximum Gasteiger partial charge on any atom is 0.0590 e. The maximum atomic E-state index is 4.44. The summed E-state index contributed by atoms with van der Waals surface area (Å²) in [5.41, 5.74) is 1.30. The summed E-state index contributed by atoms with van der Waals surface area (Å²) >= 11 is 0. The van der Waals surface area contributed by atoms with Gasteiger partial charge in [-0.05, 0) is 44.1 Å². The van der Waals surface area contributed by atoms with Crippen LogP contribution in [0.2, 0.25) is 0 Å². The summed E-state index contributed by atoms with van der Waals surface area (Å²) in [5.74, 6) is 1.55. The first kappa shape index (κ1) is 8.27. The summed E-state index contributed by atoms with van der Waals surface area (Å²) in [5, 5.41) is 4.44. The molecule has 0 amide bonds. The van der Waals surface area contributed by atoms with E-state index >= 15 is 0 Å². The summed E-state index contributed by atoms with van der Waals surface area (Å²) in [6.07, 6.45) is 10.8.